The highest BCUT2D eigenvalue weighted by Crippen LogP contribution is 2.38. The smallest absolute Gasteiger partial charge is 0.270 e. The molecule has 0 aliphatic heterocycles. The first-order chi connectivity index (χ1) is 12.7. The number of nitrogens with one attached hydrogen (secondary N) is 1. The van der Waals surface area contributed by atoms with Gasteiger partial charge in [-0.1, -0.05) is 18.2 Å². The highest BCUT2D eigenvalue weighted by molar-refractivity contribution is 5.92. The molecule has 1 saturated carbocycles. The molecule has 1 fully saturated rings. The molecule has 4 rings (SSSR count). The van der Waals surface area contributed by atoms with Crippen LogP contribution in [0.15, 0.2) is 48.8 Å². The van der Waals surface area contributed by atoms with E-state index in [1.165, 1.54) is 0 Å². The summed E-state index contributed by atoms with van der Waals surface area (Å²) in [7, 11) is 0. The van der Waals surface area contributed by atoms with Crippen LogP contribution >= 0.6 is 0 Å². The Balaban J connectivity index is 1.64. The predicted molar refractivity (Wildman–Crippen MR) is 98.6 cm³/mol. The molecule has 1 amide bonds. The molecule has 2 aromatic heterocycles. The van der Waals surface area contributed by atoms with Crippen LogP contribution in [0, 0.1) is 5.92 Å². The van der Waals surface area contributed by atoms with Crippen LogP contribution in [0.3, 0.4) is 0 Å². The lowest BCUT2D eigenvalue weighted by Gasteiger charge is -2.38. The lowest BCUT2D eigenvalue weighted by Crippen LogP contribution is -2.42. The minimum Gasteiger partial charge on any atom is -0.393 e. The Morgan fingerprint density at radius 2 is 2.15 bits per heavy atom. The maximum Gasteiger partial charge on any atom is 0.270 e. The maximum absolute atomic E-state index is 12.8. The fourth-order valence-electron chi connectivity index (χ4n) is 3.63. The van der Waals surface area contributed by atoms with Gasteiger partial charge in [0, 0.05) is 24.3 Å². The van der Waals surface area contributed by atoms with Crippen molar-refractivity contribution in [2.24, 2.45) is 5.92 Å². The number of aromatic nitrogens is 3. The first-order valence-electron chi connectivity index (χ1n) is 9.01. The Kier molecular flexibility index (Phi) is 4.42. The van der Waals surface area contributed by atoms with Crippen molar-refractivity contribution in [1.29, 1.82) is 0 Å². The third-order valence-electron chi connectivity index (χ3n) is 5.13. The molecule has 1 aliphatic carbocycles. The summed E-state index contributed by atoms with van der Waals surface area (Å²) in [4.78, 5) is 17.3. The van der Waals surface area contributed by atoms with Crippen LogP contribution in [0.25, 0.3) is 10.9 Å². The van der Waals surface area contributed by atoms with E-state index >= 15 is 0 Å². The number of amides is 1. The lowest BCUT2D eigenvalue weighted by atomic mass is 9.75. The zero-order chi connectivity index (χ0) is 18.1. The van der Waals surface area contributed by atoms with Crippen molar-refractivity contribution in [3.63, 3.8) is 0 Å². The van der Waals surface area contributed by atoms with Crippen molar-refractivity contribution in [2.75, 3.05) is 0 Å². The third-order valence-corrected chi connectivity index (χ3v) is 5.13. The van der Waals surface area contributed by atoms with E-state index in [0.29, 0.717) is 25.1 Å². The summed E-state index contributed by atoms with van der Waals surface area (Å²) >= 11 is 0. The number of rotatable bonds is 5. The second-order valence-corrected chi connectivity index (χ2v) is 6.83. The average molecular weight is 350 g/mol. The minimum absolute atomic E-state index is 0.149. The summed E-state index contributed by atoms with van der Waals surface area (Å²) < 4.78 is 1.68. The summed E-state index contributed by atoms with van der Waals surface area (Å²) in [6, 6.07) is 11.6. The molecule has 0 unspecified atom stereocenters. The number of para-hydroxylation sites is 1. The SMILES string of the molecule is CCn1nccc1C(=O)N[C@H](c1cnc2ccccc2c1)C1CC(O)C1. The van der Waals surface area contributed by atoms with Gasteiger partial charge in [-0.05, 0) is 49.4 Å². The van der Waals surface area contributed by atoms with Crippen molar-refractivity contribution in [3.8, 4) is 0 Å². The third kappa shape index (κ3) is 3.08. The molecule has 1 aliphatic rings. The predicted octanol–water partition coefficient (Wildman–Crippen LogP) is 2.69. The van der Waals surface area contributed by atoms with Crippen molar-refractivity contribution in [1.82, 2.24) is 20.1 Å². The number of carbonyl (C=O) groups is 1. The molecule has 2 heterocycles. The highest BCUT2D eigenvalue weighted by Gasteiger charge is 2.36. The van der Waals surface area contributed by atoms with Crippen molar-refractivity contribution >= 4 is 16.8 Å². The number of aryl methyl sites for hydroxylation is 1. The Bertz CT molecular complexity index is 930. The molecule has 0 radical (unpaired) electrons. The molecule has 134 valence electrons. The van der Waals surface area contributed by atoms with Gasteiger partial charge in [0.15, 0.2) is 0 Å². The van der Waals surface area contributed by atoms with Gasteiger partial charge in [0.2, 0.25) is 0 Å². The molecule has 6 heteroatoms. The van der Waals surface area contributed by atoms with Crippen LogP contribution in [0.4, 0.5) is 0 Å². The average Bonchev–Trinajstić information content (AvgIpc) is 3.12. The Hall–Kier alpha value is -2.73. The molecule has 2 N–H and O–H groups in total. The van der Waals surface area contributed by atoms with Crippen molar-refractivity contribution in [2.45, 2.75) is 38.5 Å². The topological polar surface area (TPSA) is 80.0 Å². The number of pyridine rings is 1. The molecular weight excluding hydrogens is 328 g/mol. The van der Waals surface area contributed by atoms with Gasteiger partial charge >= 0.3 is 0 Å². The van der Waals surface area contributed by atoms with Gasteiger partial charge in [-0.2, -0.15) is 5.10 Å². The standard InChI is InChI=1S/C20H22N4O2/c1-2-24-18(7-8-22-24)20(26)23-19(14-10-16(25)11-14)15-9-13-5-3-4-6-17(13)21-12-15/h3-9,12,14,16,19,25H,2,10-11H2,1H3,(H,23,26)/t14?,16?,19-/m0/s1. The van der Waals surface area contributed by atoms with Crippen LogP contribution in [0.2, 0.25) is 0 Å². The monoisotopic (exact) mass is 350 g/mol. The van der Waals surface area contributed by atoms with Gasteiger partial charge in [0.05, 0.1) is 17.7 Å². The maximum atomic E-state index is 12.8. The van der Waals surface area contributed by atoms with Crippen LogP contribution < -0.4 is 5.32 Å². The molecule has 0 spiro atoms. The van der Waals surface area contributed by atoms with Crippen LogP contribution in [0.1, 0.15) is 41.9 Å². The molecule has 1 atom stereocenters. The Morgan fingerprint density at radius 1 is 1.35 bits per heavy atom. The number of aliphatic hydroxyl groups is 1. The van der Waals surface area contributed by atoms with Gasteiger partial charge in [0.1, 0.15) is 5.69 Å². The van der Waals surface area contributed by atoms with E-state index in [4.69, 9.17) is 0 Å². The molecule has 1 aromatic carbocycles. The molecular formula is C20H22N4O2. The highest BCUT2D eigenvalue weighted by atomic mass is 16.3. The molecule has 26 heavy (non-hydrogen) atoms. The van der Waals surface area contributed by atoms with E-state index in [1.807, 2.05) is 37.4 Å². The van der Waals surface area contributed by atoms with E-state index < -0.39 is 0 Å². The number of aliphatic hydroxyl groups excluding tert-OH is 1. The Labute approximate surface area is 151 Å². The van der Waals surface area contributed by atoms with E-state index in [9.17, 15) is 9.90 Å². The molecule has 0 bridgehead atoms. The Morgan fingerprint density at radius 3 is 2.92 bits per heavy atom. The fraction of sp³-hybridized carbons (Fsp3) is 0.350. The summed E-state index contributed by atoms with van der Waals surface area (Å²) in [6.45, 7) is 2.59. The number of fused-ring (bicyclic) bond motifs is 1. The van der Waals surface area contributed by atoms with Crippen molar-refractivity contribution < 1.29 is 9.90 Å². The van der Waals surface area contributed by atoms with Crippen molar-refractivity contribution in [3.05, 3.63) is 60.0 Å². The van der Waals surface area contributed by atoms with E-state index in [1.54, 1.807) is 16.9 Å². The number of benzene rings is 1. The summed E-state index contributed by atoms with van der Waals surface area (Å²) in [6.07, 6.45) is 4.55. The summed E-state index contributed by atoms with van der Waals surface area (Å²) in [5, 5.41) is 18.1. The van der Waals surface area contributed by atoms with Crippen LogP contribution in [0.5, 0.6) is 0 Å². The van der Waals surface area contributed by atoms with Gasteiger partial charge in [0.25, 0.3) is 5.91 Å². The number of nitrogens with zero attached hydrogens (tertiary/aromatic N) is 3. The second kappa shape index (κ2) is 6.88. The van der Waals surface area contributed by atoms with Gasteiger partial charge in [-0.3, -0.25) is 14.5 Å². The quantitative estimate of drug-likeness (QED) is 0.741. The number of hydrogen-bond donors (Lipinski definition) is 2. The fourth-order valence-corrected chi connectivity index (χ4v) is 3.63. The molecule has 0 saturated heterocycles. The number of hydrogen-bond acceptors (Lipinski definition) is 4. The normalized spacial score (nSPS) is 20.5. The van der Waals surface area contributed by atoms with Gasteiger partial charge in [-0.25, -0.2) is 0 Å². The van der Waals surface area contributed by atoms with E-state index in [2.05, 4.69) is 21.5 Å². The summed E-state index contributed by atoms with van der Waals surface area (Å²) in [5.41, 5.74) is 2.45. The number of carbonyl (C=O) groups excluding carboxylic acids is 1. The van der Waals surface area contributed by atoms with Crippen LogP contribution in [-0.4, -0.2) is 31.9 Å². The largest absolute Gasteiger partial charge is 0.393 e. The summed E-state index contributed by atoms with van der Waals surface area (Å²) in [5.74, 6) is 0.0545. The first kappa shape index (κ1) is 16.7. The lowest BCUT2D eigenvalue weighted by molar-refractivity contribution is 0.0234. The van der Waals surface area contributed by atoms with E-state index in [0.717, 1.165) is 16.5 Å². The molecule has 6 nitrogen and oxygen atoms in total. The van der Waals surface area contributed by atoms with E-state index in [-0.39, 0.29) is 24.0 Å². The molecule has 3 aromatic rings. The zero-order valence-electron chi connectivity index (χ0n) is 14.7. The minimum atomic E-state index is -0.283. The second-order valence-electron chi connectivity index (χ2n) is 6.83. The first-order valence-corrected chi connectivity index (χ1v) is 9.01. The van der Waals surface area contributed by atoms with Gasteiger partial charge < -0.3 is 10.4 Å². The zero-order valence-corrected chi connectivity index (χ0v) is 14.7. The van der Waals surface area contributed by atoms with Crippen LogP contribution in [-0.2, 0) is 6.54 Å². The van der Waals surface area contributed by atoms with Gasteiger partial charge in [-0.15, -0.1) is 0 Å².